The predicted octanol–water partition coefficient (Wildman–Crippen LogP) is 2.13. The summed E-state index contributed by atoms with van der Waals surface area (Å²) in [4.78, 5) is 6.75. The standard InChI is InChI=1S/C12H19N3/c1-3-15-6-4-5-11(15)10-7-9(2)12(13)14-8-10/h7-8,11H,3-6H2,1-2H3,(H2,13,14)/t11-/m1/s1. The van der Waals surface area contributed by atoms with Gasteiger partial charge in [0.15, 0.2) is 0 Å². The van der Waals surface area contributed by atoms with Crippen LogP contribution in [0.5, 0.6) is 0 Å². The molecule has 0 spiro atoms. The van der Waals surface area contributed by atoms with Gasteiger partial charge < -0.3 is 5.73 Å². The second-order valence-electron chi connectivity index (χ2n) is 4.26. The molecule has 1 aliphatic heterocycles. The number of hydrogen-bond acceptors (Lipinski definition) is 3. The predicted molar refractivity (Wildman–Crippen MR) is 62.6 cm³/mol. The van der Waals surface area contributed by atoms with E-state index in [-0.39, 0.29) is 0 Å². The van der Waals surface area contributed by atoms with Crippen molar-refractivity contribution < 1.29 is 0 Å². The Morgan fingerprint density at radius 3 is 3.07 bits per heavy atom. The van der Waals surface area contributed by atoms with Gasteiger partial charge in [0.2, 0.25) is 0 Å². The summed E-state index contributed by atoms with van der Waals surface area (Å²) in [7, 11) is 0. The molecule has 0 radical (unpaired) electrons. The third-order valence-corrected chi connectivity index (χ3v) is 3.29. The fourth-order valence-corrected chi connectivity index (χ4v) is 2.37. The topological polar surface area (TPSA) is 42.2 Å². The lowest BCUT2D eigenvalue weighted by molar-refractivity contribution is 0.271. The van der Waals surface area contributed by atoms with Crippen molar-refractivity contribution >= 4 is 5.82 Å². The van der Waals surface area contributed by atoms with Gasteiger partial charge in [-0.3, -0.25) is 4.90 Å². The van der Waals surface area contributed by atoms with E-state index in [0.717, 1.165) is 12.1 Å². The van der Waals surface area contributed by atoms with Crippen LogP contribution in [0.15, 0.2) is 12.3 Å². The Balaban J connectivity index is 2.25. The van der Waals surface area contributed by atoms with Crippen LogP contribution in [-0.4, -0.2) is 23.0 Å². The Hall–Kier alpha value is -1.09. The molecule has 2 heterocycles. The molecule has 0 saturated carbocycles. The highest BCUT2D eigenvalue weighted by Crippen LogP contribution is 2.31. The Bertz CT molecular complexity index is 349. The summed E-state index contributed by atoms with van der Waals surface area (Å²) in [6.45, 7) is 6.58. The maximum absolute atomic E-state index is 5.73. The van der Waals surface area contributed by atoms with Crippen LogP contribution < -0.4 is 5.73 Å². The van der Waals surface area contributed by atoms with E-state index in [1.807, 2.05) is 13.1 Å². The van der Waals surface area contributed by atoms with E-state index in [9.17, 15) is 0 Å². The first kappa shape index (κ1) is 10.4. The molecule has 0 bridgehead atoms. The van der Waals surface area contributed by atoms with Crippen molar-refractivity contribution in [3.63, 3.8) is 0 Å². The number of likely N-dealkylation sites (tertiary alicyclic amines) is 1. The summed E-state index contributed by atoms with van der Waals surface area (Å²) in [6, 6.07) is 2.74. The molecular formula is C12H19N3. The fourth-order valence-electron chi connectivity index (χ4n) is 2.37. The Labute approximate surface area is 91.3 Å². The molecule has 2 N–H and O–H groups in total. The van der Waals surface area contributed by atoms with Gasteiger partial charge in [0.1, 0.15) is 5.82 Å². The zero-order valence-corrected chi connectivity index (χ0v) is 9.53. The molecule has 1 saturated heterocycles. The van der Waals surface area contributed by atoms with E-state index in [4.69, 9.17) is 5.73 Å². The molecule has 0 aliphatic carbocycles. The lowest BCUT2D eigenvalue weighted by atomic mass is 10.0. The molecule has 1 atom stereocenters. The highest BCUT2D eigenvalue weighted by Gasteiger charge is 2.24. The number of rotatable bonds is 2. The van der Waals surface area contributed by atoms with E-state index >= 15 is 0 Å². The number of aryl methyl sites for hydroxylation is 1. The van der Waals surface area contributed by atoms with Crippen LogP contribution in [0.1, 0.15) is 36.9 Å². The van der Waals surface area contributed by atoms with Crippen LogP contribution in [-0.2, 0) is 0 Å². The van der Waals surface area contributed by atoms with Gasteiger partial charge in [0, 0.05) is 12.2 Å². The van der Waals surface area contributed by atoms with Crippen LogP contribution >= 0.6 is 0 Å². The second kappa shape index (κ2) is 4.19. The van der Waals surface area contributed by atoms with Gasteiger partial charge in [-0.1, -0.05) is 6.92 Å². The van der Waals surface area contributed by atoms with Gasteiger partial charge >= 0.3 is 0 Å². The lowest BCUT2D eigenvalue weighted by Crippen LogP contribution is -2.22. The fraction of sp³-hybridized carbons (Fsp3) is 0.583. The maximum atomic E-state index is 5.73. The third-order valence-electron chi connectivity index (χ3n) is 3.29. The maximum Gasteiger partial charge on any atom is 0.126 e. The zero-order valence-electron chi connectivity index (χ0n) is 9.53. The zero-order chi connectivity index (χ0) is 10.8. The first-order valence-electron chi connectivity index (χ1n) is 5.68. The highest BCUT2D eigenvalue weighted by atomic mass is 15.2. The molecule has 1 fully saturated rings. The molecule has 0 unspecified atom stereocenters. The summed E-state index contributed by atoms with van der Waals surface area (Å²) < 4.78 is 0. The van der Waals surface area contributed by atoms with Gasteiger partial charge in [0.25, 0.3) is 0 Å². The Morgan fingerprint density at radius 2 is 2.40 bits per heavy atom. The van der Waals surface area contributed by atoms with Gasteiger partial charge in [-0.15, -0.1) is 0 Å². The monoisotopic (exact) mass is 205 g/mol. The average Bonchev–Trinajstić information content (AvgIpc) is 2.70. The molecule has 0 aromatic carbocycles. The summed E-state index contributed by atoms with van der Waals surface area (Å²) in [5.41, 5.74) is 8.14. The smallest absolute Gasteiger partial charge is 0.126 e. The van der Waals surface area contributed by atoms with E-state index in [1.54, 1.807) is 0 Å². The number of anilines is 1. The number of nitrogens with two attached hydrogens (primary N) is 1. The molecule has 2 rings (SSSR count). The largest absolute Gasteiger partial charge is 0.383 e. The molecule has 15 heavy (non-hydrogen) atoms. The summed E-state index contributed by atoms with van der Waals surface area (Å²) in [5, 5.41) is 0. The minimum absolute atomic E-state index is 0.557. The third kappa shape index (κ3) is 1.97. The Kier molecular flexibility index (Phi) is 2.91. The van der Waals surface area contributed by atoms with E-state index in [2.05, 4.69) is 22.9 Å². The molecule has 3 nitrogen and oxygen atoms in total. The number of nitrogens with zero attached hydrogens (tertiary/aromatic N) is 2. The van der Waals surface area contributed by atoms with Crippen molar-refractivity contribution in [3.8, 4) is 0 Å². The molecule has 3 heteroatoms. The van der Waals surface area contributed by atoms with Crippen LogP contribution in [0, 0.1) is 6.92 Å². The van der Waals surface area contributed by atoms with Crippen molar-refractivity contribution in [3.05, 3.63) is 23.4 Å². The van der Waals surface area contributed by atoms with Crippen LogP contribution in [0.3, 0.4) is 0 Å². The van der Waals surface area contributed by atoms with Gasteiger partial charge in [-0.2, -0.15) is 0 Å². The van der Waals surface area contributed by atoms with E-state index in [0.29, 0.717) is 11.9 Å². The summed E-state index contributed by atoms with van der Waals surface area (Å²) in [6.07, 6.45) is 4.47. The van der Waals surface area contributed by atoms with Crippen LogP contribution in [0.4, 0.5) is 5.82 Å². The minimum atomic E-state index is 0.557. The van der Waals surface area contributed by atoms with Gasteiger partial charge in [-0.05, 0) is 50.0 Å². The van der Waals surface area contributed by atoms with E-state index < -0.39 is 0 Å². The van der Waals surface area contributed by atoms with Crippen molar-refractivity contribution in [2.45, 2.75) is 32.7 Å². The molecule has 1 aromatic heterocycles. The molecular weight excluding hydrogens is 186 g/mol. The SMILES string of the molecule is CCN1CCC[C@@H]1c1cnc(N)c(C)c1. The quantitative estimate of drug-likeness (QED) is 0.804. The van der Waals surface area contributed by atoms with Crippen molar-refractivity contribution in [2.24, 2.45) is 0 Å². The second-order valence-corrected chi connectivity index (χ2v) is 4.26. The van der Waals surface area contributed by atoms with Crippen LogP contribution in [0.2, 0.25) is 0 Å². The normalized spacial score (nSPS) is 22.1. The number of aromatic nitrogens is 1. The molecule has 1 aliphatic rings. The number of hydrogen-bond donors (Lipinski definition) is 1. The summed E-state index contributed by atoms with van der Waals surface area (Å²) in [5.74, 6) is 0.653. The minimum Gasteiger partial charge on any atom is -0.383 e. The van der Waals surface area contributed by atoms with E-state index in [1.165, 1.54) is 24.9 Å². The van der Waals surface area contributed by atoms with Crippen molar-refractivity contribution in [1.82, 2.24) is 9.88 Å². The van der Waals surface area contributed by atoms with Crippen molar-refractivity contribution in [2.75, 3.05) is 18.8 Å². The number of pyridine rings is 1. The lowest BCUT2D eigenvalue weighted by Gasteiger charge is -2.23. The first-order chi connectivity index (χ1) is 7.22. The van der Waals surface area contributed by atoms with Crippen LogP contribution in [0.25, 0.3) is 0 Å². The van der Waals surface area contributed by atoms with Gasteiger partial charge in [0.05, 0.1) is 0 Å². The average molecular weight is 205 g/mol. The first-order valence-corrected chi connectivity index (χ1v) is 5.68. The number of nitrogen functional groups attached to an aromatic ring is 1. The van der Waals surface area contributed by atoms with Gasteiger partial charge in [-0.25, -0.2) is 4.98 Å². The molecule has 0 amide bonds. The molecule has 1 aromatic rings. The Morgan fingerprint density at radius 1 is 1.60 bits per heavy atom. The van der Waals surface area contributed by atoms with Crippen molar-refractivity contribution in [1.29, 1.82) is 0 Å². The molecule has 82 valence electrons. The summed E-state index contributed by atoms with van der Waals surface area (Å²) >= 11 is 0. The highest BCUT2D eigenvalue weighted by molar-refractivity contribution is 5.40.